The SMILES string of the molecule is CC(=O)Nc1cc2c(cn1)C1(CC1)CN2c1cccc(C2(O)CCOC2)n1. The highest BCUT2D eigenvalue weighted by Gasteiger charge is 2.52. The fourth-order valence-electron chi connectivity index (χ4n) is 4.17. The van der Waals surface area contributed by atoms with E-state index in [0.717, 1.165) is 30.9 Å². The van der Waals surface area contributed by atoms with E-state index in [9.17, 15) is 9.90 Å². The Bertz CT molecular complexity index is 919. The van der Waals surface area contributed by atoms with E-state index in [0.29, 0.717) is 24.5 Å². The number of nitrogens with one attached hydrogen (secondary N) is 1. The highest BCUT2D eigenvalue weighted by molar-refractivity contribution is 5.89. The summed E-state index contributed by atoms with van der Waals surface area (Å²) in [5.74, 6) is 1.21. The van der Waals surface area contributed by atoms with Gasteiger partial charge in [-0.25, -0.2) is 9.97 Å². The van der Waals surface area contributed by atoms with Gasteiger partial charge in [0, 0.05) is 49.7 Å². The third kappa shape index (κ3) is 2.69. The lowest BCUT2D eigenvalue weighted by atomic mass is 9.98. The van der Waals surface area contributed by atoms with Gasteiger partial charge in [0.2, 0.25) is 5.91 Å². The van der Waals surface area contributed by atoms with Crippen LogP contribution in [0, 0.1) is 0 Å². The number of carbonyl (C=O) groups excluding carboxylic acids is 1. The van der Waals surface area contributed by atoms with Gasteiger partial charge in [0.15, 0.2) is 0 Å². The zero-order valence-corrected chi connectivity index (χ0v) is 15.2. The number of pyridine rings is 2. The molecule has 4 heterocycles. The Labute approximate surface area is 157 Å². The molecule has 0 bridgehead atoms. The Morgan fingerprint density at radius 2 is 2.19 bits per heavy atom. The summed E-state index contributed by atoms with van der Waals surface area (Å²) >= 11 is 0. The summed E-state index contributed by atoms with van der Waals surface area (Å²) < 4.78 is 5.38. The monoisotopic (exact) mass is 366 g/mol. The number of nitrogens with zero attached hydrogens (tertiary/aromatic N) is 3. The number of anilines is 3. The zero-order chi connectivity index (χ0) is 18.6. The standard InChI is InChI=1S/C20H22N4O3/c1-13(25)22-17-9-15-14(10-21-17)19(5-6-19)11-24(15)18-4-2-3-16(23-18)20(26)7-8-27-12-20/h2-4,9-10,26H,5-8,11-12H2,1H3,(H,21,22,25). The third-order valence-electron chi connectivity index (χ3n) is 5.85. The summed E-state index contributed by atoms with van der Waals surface area (Å²) in [5, 5.41) is 13.6. The van der Waals surface area contributed by atoms with Crippen LogP contribution < -0.4 is 10.2 Å². The van der Waals surface area contributed by atoms with Crippen LogP contribution in [0.3, 0.4) is 0 Å². The molecule has 1 unspecified atom stereocenters. The first-order chi connectivity index (χ1) is 13.0. The molecular formula is C20H22N4O3. The van der Waals surface area contributed by atoms with Crippen LogP contribution >= 0.6 is 0 Å². The number of hydrogen-bond donors (Lipinski definition) is 2. The van der Waals surface area contributed by atoms with Crippen LogP contribution in [0.2, 0.25) is 0 Å². The first-order valence-electron chi connectivity index (χ1n) is 9.33. The molecule has 0 radical (unpaired) electrons. The molecule has 1 saturated heterocycles. The van der Waals surface area contributed by atoms with Crippen LogP contribution in [0.5, 0.6) is 0 Å². The van der Waals surface area contributed by atoms with Crippen molar-refractivity contribution in [1.29, 1.82) is 0 Å². The summed E-state index contributed by atoms with van der Waals surface area (Å²) in [4.78, 5) is 22.8. The van der Waals surface area contributed by atoms with Crippen LogP contribution in [0.25, 0.3) is 0 Å². The average molecular weight is 366 g/mol. The van der Waals surface area contributed by atoms with Crippen molar-refractivity contribution in [1.82, 2.24) is 9.97 Å². The lowest BCUT2D eigenvalue weighted by Gasteiger charge is -2.24. The molecule has 7 heteroatoms. The number of rotatable bonds is 3. The minimum atomic E-state index is -1.02. The molecule has 2 aliphatic heterocycles. The summed E-state index contributed by atoms with van der Waals surface area (Å²) in [6.07, 6.45) is 4.71. The number of aromatic nitrogens is 2. The van der Waals surface area contributed by atoms with E-state index in [4.69, 9.17) is 9.72 Å². The first kappa shape index (κ1) is 16.6. The van der Waals surface area contributed by atoms with Gasteiger partial charge in [0.1, 0.15) is 17.2 Å². The molecule has 2 N–H and O–H groups in total. The molecule has 1 saturated carbocycles. The van der Waals surface area contributed by atoms with E-state index in [1.807, 2.05) is 30.5 Å². The van der Waals surface area contributed by atoms with Crippen LogP contribution in [0.4, 0.5) is 17.3 Å². The number of ether oxygens (including phenoxy) is 1. The van der Waals surface area contributed by atoms with Crippen molar-refractivity contribution < 1.29 is 14.6 Å². The average Bonchev–Trinajstić information content (AvgIpc) is 3.17. The molecule has 5 rings (SSSR count). The van der Waals surface area contributed by atoms with Gasteiger partial charge in [-0.1, -0.05) is 6.07 Å². The minimum Gasteiger partial charge on any atom is -0.381 e. The fraction of sp³-hybridized carbons (Fsp3) is 0.450. The maximum atomic E-state index is 11.4. The van der Waals surface area contributed by atoms with Gasteiger partial charge in [-0.3, -0.25) is 4.79 Å². The molecule has 1 spiro atoms. The fourth-order valence-corrected chi connectivity index (χ4v) is 4.17. The van der Waals surface area contributed by atoms with Crippen molar-refractivity contribution in [2.24, 2.45) is 0 Å². The van der Waals surface area contributed by atoms with E-state index in [1.54, 1.807) is 0 Å². The number of amides is 1. The van der Waals surface area contributed by atoms with Crippen molar-refractivity contribution in [3.63, 3.8) is 0 Å². The van der Waals surface area contributed by atoms with E-state index >= 15 is 0 Å². The largest absolute Gasteiger partial charge is 0.381 e. The molecular weight excluding hydrogens is 344 g/mol. The molecule has 2 fully saturated rings. The highest BCUT2D eigenvalue weighted by Crippen LogP contribution is 2.58. The van der Waals surface area contributed by atoms with Gasteiger partial charge in [-0.05, 0) is 25.0 Å². The Balaban J connectivity index is 1.54. The quantitative estimate of drug-likeness (QED) is 0.866. The van der Waals surface area contributed by atoms with Crippen molar-refractivity contribution in [2.45, 2.75) is 37.2 Å². The minimum absolute atomic E-state index is 0.141. The summed E-state index contributed by atoms with van der Waals surface area (Å²) in [6.45, 7) is 3.15. The number of hydrogen-bond acceptors (Lipinski definition) is 6. The normalized spacial score (nSPS) is 24.9. The topological polar surface area (TPSA) is 87.6 Å². The second-order valence-electron chi connectivity index (χ2n) is 7.85. The van der Waals surface area contributed by atoms with E-state index < -0.39 is 5.60 Å². The van der Waals surface area contributed by atoms with E-state index in [1.165, 1.54) is 12.5 Å². The van der Waals surface area contributed by atoms with Gasteiger partial charge in [0.25, 0.3) is 0 Å². The number of carbonyl (C=O) groups is 1. The van der Waals surface area contributed by atoms with E-state index in [-0.39, 0.29) is 17.9 Å². The van der Waals surface area contributed by atoms with Gasteiger partial charge in [-0.2, -0.15) is 0 Å². The lowest BCUT2D eigenvalue weighted by Crippen LogP contribution is -2.28. The second-order valence-corrected chi connectivity index (χ2v) is 7.85. The Morgan fingerprint density at radius 1 is 1.33 bits per heavy atom. The summed E-state index contributed by atoms with van der Waals surface area (Å²) in [5.41, 5.74) is 2.02. The van der Waals surface area contributed by atoms with Gasteiger partial charge in [-0.15, -0.1) is 0 Å². The Morgan fingerprint density at radius 3 is 2.89 bits per heavy atom. The van der Waals surface area contributed by atoms with Gasteiger partial charge >= 0.3 is 0 Å². The Kier molecular flexibility index (Phi) is 3.54. The van der Waals surface area contributed by atoms with E-state index in [2.05, 4.69) is 15.2 Å². The molecule has 2 aromatic rings. The van der Waals surface area contributed by atoms with Crippen molar-refractivity contribution >= 4 is 23.2 Å². The lowest BCUT2D eigenvalue weighted by molar-refractivity contribution is -0.114. The third-order valence-corrected chi connectivity index (χ3v) is 5.85. The molecule has 1 aliphatic carbocycles. The first-order valence-corrected chi connectivity index (χ1v) is 9.33. The molecule has 2 aromatic heterocycles. The summed E-state index contributed by atoms with van der Waals surface area (Å²) in [6, 6.07) is 7.68. The maximum absolute atomic E-state index is 11.4. The van der Waals surface area contributed by atoms with Crippen molar-refractivity contribution in [3.8, 4) is 0 Å². The predicted molar refractivity (Wildman–Crippen MR) is 100 cm³/mol. The molecule has 7 nitrogen and oxygen atoms in total. The van der Waals surface area contributed by atoms with Crippen LogP contribution in [0.15, 0.2) is 30.5 Å². The van der Waals surface area contributed by atoms with Gasteiger partial charge in [0.05, 0.1) is 18.0 Å². The van der Waals surface area contributed by atoms with Crippen LogP contribution in [-0.4, -0.2) is 40.7 Å². The summed E-state index contributed by atoms with van der Waals surface area (Å²) in [7, 11) is 0. The van der Waals surface area contributed by atoms with Crippen LogP contribution in [-0.2, 0) is 20.5 Å². The number of aliphatic hydroxyl groups is 1. The molecule has 1 atom stereocenters. The van der Waals surface area contributed by atoms with Crippen molar-refractivity contribution in [3.05, 3.63) is 41.7 Å². The highest BCUT2D eigenvalue weighted by atomic mass is 16.5. The predicted octanol–water partition coefficient (Wildman–Crippen LogP) is 2.23. The molecule has 27 heavy (non-hydrogen) atoms. The van der Waals surface area contributed by atoms with Crippen LogP contribution in [0.1, 0.15) is 37.4 Å². The smallest absolute Gasteiger partial charge is 0.222 e. The molecule has 3 aliphatic rings. The maximum Gasteiger partial charge on any atom is 0.222 e. The Hall–Kier alpha value is -2.51. The molecule has 0 aromatic carbocycles. The molecule has 140 valence electrons. The molecule has 1 amide bonds. The zero-order valence-electron chi connectivity index (χ0n) is 15.2. The van der Waals surface area contributed by atoms with Crippen molar-refractivity contribution in [2.75, 3.05) is 30.0 Å². The second kappa shape index (κ2) is 5.74. The number of fused-ring (bicyclic) bond motifs is 2. The van der Waals surface area contributed by atoms with Gasteiger partial charge < -0.3 is 20.1 Å².